The van der Waals surface area contributed by atoms with E-state index in [0.717, 1.165) is 36.6 Å². The lowest BCUT2D eigenvalue weighted by molar-refractivity contribution is 0.741. The molecule has 0 atom stereocenters. The number of allylic oxidation sites excluding steroid dienone is 1. The predicted molar refractivity (Wildman–Crippen MR) is 76.7 cm³/mol. The zero-order chi connectivity index (χ0) is 13.5. The van der Waals surface area contributed by atoms with Crippen molar-refractivity contribution in [2.24, 2.45) is 5.73 Å². The average Bonchev–Trinajstić information content (AvgIpc) is 2.38. The highest BCUT2D eigenvalue weighted by Crippen LogP contribution is 2.19. The van der Waals surface area contributed by atoms with Gasteiger partial charge in [0.15, 0.2) is 0 Å². The van der Waals surface area contributed by atoms with Crippen molar-refractivity contribution < 1.29 is 0 Å². The van der Waals surface area contributed by atoms with Crippen molar-refractivity contribution in [2.75, 3.05) is 18.5 Å². The van der Waals surface area contributed by atoms with Gasteiger partial charge in [-0.25, -0.2) is 9.97 Å². The molecule has 4 nitrogen and oxygen atoms in total. The summed E-state index contributed by atoms with van der Waals surface area (Å²) in [4.78, 5) is 11.1. The van der Waals surface area contributed by atoms with Gasteiger partial charge in [0.25, 0.3) is 0 Å². The molecule has 0 radical (unpaired) electrons. The van der Waals surface area contributed by atoms with E-state index in [2.05, 4.69) is 42.3 Å². The van der Waals surface area contributed by atoms with Crippen LogP contribution in [0.3, 0.4) is 0 Å². The van der Waals surface area contributed by atoms with Crippen LogP contribution in [0.2, 0.25) is 0 Å². The summed E-state index contributed by atoms with van der Waals surface area (Å²) in [6, 6.07) is 0. The van der Waals surface area contributed by atoms with Crippen LogP contribution < -0.4 is 10.6 Å². The van der Waals surface area contributed by atoms with Gasteiger partial charge < -0.3 is 10.6 Å². The van der Waals surface area contributed by atoms with Gasteiger partial charge in [-0.2, -0.15) is 0 Å². The Morgan fingerprint density at radius 3 is 2.78 bits per heavy atom. The van der Waals surface area contributed by atoms with Crippen molar-refractivity contribution in [2.45, 2.75) is 39.2 Å². The lowest BCUT2D eigenvalue weighted by Gasteiger charge is -2.21. The van der Waals surface area contributed by atoms with Crippen LogP contribution in [0.4, 0.5) is 5.69 Å². The van der Waals surface area contributed by atoms with Crippen molar-refractivity contribution >= 4 is 5.69 Å². The van der Waals surface area contributed by atoms with Crippen LogP contribution >= 0.6 is 0 Å². The lowest BCUT2D eigenvalue weighted by atomic mass is 10.2. The van der Waals surface area contributed by atoms with E-state index in [9.17, 15) is 0 Å². The summed E-state index contributed by atoms with van der Waals surface area (Å²) in [6.07, 6.45) is 5.93. The number of nitrogens with zero attached hydrogens (tertiary/aromatic N) is 3. The van der Waals surface area contributed by atoms with Crippen molar-refractivity contribution in [1.82, 2.24) is 9.97 Å². The number of hydrogen-bond donors (Lipinski definition) is 1. The highest BCUT2D eigenvalue weighted by molar-refractivity contribution is 5.48. The summed E-state index contributed by atoms with van der Waals surface area (Å²) in [5.41, 5.74) is 7.74. The van der Waals surface area contributed by atoms with Crippen LogP contribution in [-0.4, -0.2) is 23.6 Å². The van der Waals surface area contributed by atoms with Gasteiger partial charge in [-0.05, 0) is 12.8 Å². The SMILES string of the molecule is C=CCCCN(C)c1cnc(C(C)C)nc1CN. The van der Waals surface area contributed by atoms with Gasteiger partial charge in [0.05, 0.1) is 17.6 Å². The summed E-state index contributed by atoms with van der Waals surface area (Å²) in [5.74, 6) is 1.19. The van der Waals surface area contributed by atoms with E-state index in [0.29, 0.717) is 12.5 Å². The molecule has 1 rings (SSSR count). The maximum atomic E-state index is 5.78. The molecule has 0 amide bonds. The fourth-order valence-corrected chi connectivity index (χ4v) is 1.77. The van der Waals surface area contributed by atoms with E-state index in [4.69, 9.17) is 5.73 Å². The topological polar surface area (TPSA) is 55.0 Å². The molecule has 100 valence electrons. The largest absolute Gasteiger partial charge is 0.372 e. The van der Waals surface area contributed by atoms with Gasteiger partial charge in [-0.3, -0.25) is 0 Å². The van der Waals surface area contributed by atoms with E-state index in [-0.39, 0.29) is 0 Å². The third kappa shape index (κ3) is 3.81. The molecule has 4 heteroatoms. The molecule has 0 aliphatic carbocycles. The summed E-state index contributed by atoms with van der Waals surface area (Å²) in [6.45, 7) is 9.31. The summed E-state index contributed by atoms with van der Waals surface area (Å²) >= 11 is 0. The van der Waals surface area contributed by atoms with Crippen LogP contribution in [0.25, 0.3) is 0 Å². The first kappa shape index (κ1) is 14.6. The third-order valence-electron chi connectivity index (χ3n) is 2.89. The standard InChI is InChI=1S/C14H24N4/c1-5-6-7-8-18(4)13-10-16-14(11(2)3)17-12(13)9-15/h5,10-11H,1,6-9,15H2,2-4H3. The van der Waals surface area contributed by atoms with Gasteiger partial charge in [0, 0.05) is 26.1 Å². The molecule has 0 bridgehead atoms. The molecule has 0 saturated carbocycles. The second-order valence-electron chi connectivity index (χ2n) is 4.77. The van der Waals surface area contributed by atoms with Crippen molar-refractivity contribution in [3.63, 3.8) is 0 Å². The molecular formula is C14H24N4. The summed E-state index contributed by atoms with van der Waals surface area (Å²) < 4.78 is 0. The van der Waals surface area contributed by atoms with Crippen molar-refractivity contribution in [3.8, 4) is 0 Å². The van der Waals surface area contributed by atoms with E-state index < -0.39 is 0 Å². The quantitative estimate of drug-likeness (QED) is 0.595. The summed E-state index contributed by atoms with van der Waals surface area (Å²) in [7, 11) is 2.05. The molecule has 0 unspecified atom stereocenters. The zero-order valence-corrected chi connectivity index (χ0v) is 11.7. The van der Waals surface area contributed by atoms with E-state index in [1.54, 1.807) is 0 Å². The molecule has 1 heterocycles. The van der Waals surface area contributed by atoms with E-state index >= 15 is 0 Å². The maximum absolute atomic E-state index is 5.78. The Bertz CT molecular complexity index is 387. The van der Waals surface area contributed by atoms with Crippen LogP contribution in [-0.2, 0) is 6.54 Å². The Morgan fingerprint density at radius 1 is 1.50 bits per heavy atom. The van der Waals surface area contributed by atoms with Crippen LogP contribution in [0.5, 0.6) is 0 Å². The molecular weight excluding hydrogens is 224 g/mol. The Labute approximate surface area is 110 Å². The first-order valence-corrected chi connectivity index (χ1v) is 6.48. The number of nitrogens with two attached hydrogens (primary N) is 1. The zero-order valence-electron chi connectivity index (χ0n) is 11.7. The predicted octanol–water partition coefficient (Wildman–Crippen LogP) is 2.46. The molecule has 0 fully saturated rings. The minimum atomic E-state index is 0.329. The van der Waals surface area contributed by atoms with E-state index in [1.807, 2.05) is 12.3 Å². The smallest absolute Gasteiger partial charge is 0.131 e. The van der Waals surface area contributed by atoms with Crippen molar-refractivity contribution in [1.29, 1.82) is 0 Å². The number of unbranched alkanes of at least 4 members (excludes halogenated alkanes) is 1. The number of aromatic nitrogens is 2. The van der Waals surface area contributed by atoms with Crippen LogP contribution in [0.1, 0.15) is 44.1 Å². The van der Waals surface area contributed by atoms with Crippen LogP contribution in [0.15, 0.2) is 18.9 Å². The lowest BCUT2D eigenvalue weighted by Crippen LogP contribution is -2.22. The molecule has 0 aliphatic heterocycles. The second kappa shape index (κ2) is 7.11. The molecule has 0 aromatic carbocycles. The van der Waals surface area contributed by atoms with Gasteiger partial charge in [-0.15, -0.1) is 6.58 Å². The molecule has 18 heavy (non-hydrogen) atoms. The van der Waals surface area contributed by atoms with Gasteiger partial charge in [-0.1, -0.05) is 19.9 Å². The number of rotatable bonds is 7. The Balaban J connectivity index is 2.84. The maximum Gasteiger partial charge on any atom is 0.131 e. The van der Waals surface area contributed by atoms with Gasteiger partial charge in [0.2, 0.25) is 0 Å². The van der Waals surface area contributed by atoms with Gasteiger partial charge in [0.1, 0.15) is 5.82 Å². The molecule has 1 aromatic heterocycles. The monoisotopic (exact) mass is 248 g/mol. The number of hydrogen-bond acceptors (Lipinski definition) is 4. The first-order chi connectivity index (χ1) is 8.60. The first-order valence-electron chi connectivity index (χ1n) is 6.48. The summed E-state index contributed by atoms with van der Waals surface area (Å²) in [5, 5.41) is 0. The van der Waals surface area contributed by atoms with Gasteiger partial charge >= 0.3 is 0 Å². The third-order valence-corrected chi connectivity index (χ3v) is 2.89. The Hall–Kier alpha value is -1.42. The van der Waals surface area contributed by atoms with Crippen molar-refractivity contribution in [3.05, 3.63) is 30.4 Å². The fourth-order valence-electron chi connectivity index (χ4n) is 1.77. The Kier molecular flexibility index (Phi) is 5.78. The Morgan fingerprint density at radius 2 is 2.22 bits per heavy atom. The molecule has 0 spiro atoms. The average molecular weight is 248 g/mol. The molecule has 0 saturated heterocycles. The molecule has 2 N–H and O–H groups in total. The molecule has 1 aromatic rings. The van der Waals surface area contributed by atoms with Crippen LogP contribution in [0, 0.1) is 0 Å². The molecule has 0 aliphatic rings. The fraction of sp³-hybridized carbons (Fsp3) is 0.571. The minimum Gasteiger partial charge on any atom is -0.372 e. The van der Waals surface area contributed by atoms with E-state index in [1.165, 1.54) is 0 Å². The number of anilines is 1. The highest BCUT2D eigenvalue weighted by Gasteiger charge is 2.11. The highest BCUT2D eigenvalue weighted by atomic mass is 15.1. The second-order valence-corrected chi connectivity index (χ2v) is 4.77. The minimum absolute atomic E-state index is 0.329. The normalized spacial score (nSPS) is 10.7.